The fourth-order valence-electron chi connectivity index (χ4n) is 5.83. The molecule has 0 atom stereocenters. The second-order valence-electron chi connectivity index (χ2n) is 10.5. The molecule has 0 N–H and O–H groups in total. The van der Waals surface area contributed by atoms with E-state index in [4.69, 9.17) is 15.0 Å². The topological polar surface area (TPSA) is 43.6 Å². The molecule has 4 heteroatoms. The summed E-state index contributed by atoms with van der Waals surface area (Å²) in [6, 6.07) is 54.5. The van der Waals surface area contributed by atoms with Crippen LogP contribution in [0, 0.1) is 0 Å². The average molecular weight is 551 g/mol. The van der Waals surface area contributed by atoms with Gasteiger partial charge in [0, 0.05) is 38.7 Å². The van der Waals surface area contributed by atoms with Crippen LogP contribution in [0.15, 0.2) is 158 Å². The highest BCUT2D eigenvalue weighted by atomic mass is 15.0. The minimum Gasteiger partial charge on any atom is -0.309 e. The van der Waals surface area contributed by atoms with Gasteiger partial charge in [-0.2, -0.15) is 0 Å². The highest BCUT2D eigenvalue weighted by Crippen LogP contribution is 2.38. The molecule has 202 valence electrons. The lowest BCUT2D eigenvalue weighted by Crippen LogP contribution is -2.00. The van der Waals surface area contributed by atoms with Crippen LogP contribution in [-0.4, -0.2) is 19.5 Å². The predicted molar refractivity (Wildman–Crippen MR) is 176 cm³/mol. The lowest BCUT2D eigenvalue weighted by Gasteiger charge is -2.13. The molecule has 8 rings (SSSR count). The van der Waals surface area contributed by atoms with E-state index in [9.17, 15) is 0 Å². The van der Waals surface area contributed by atoms with Gasteiger partial charge >= 0.3 is 0 Å². The summed E-state index contributed by atoms with van der Waals surface area (Å²) in [7, 11) is 0. The van der Waals surface area contributed by atoms with E-state index in [2.05, 4.69) is 102 Å². The van der Waals surface area contributed by atoms with Gasteiger partial charge in [0.1, 0.15) is 0 Å². The molecule has 2 heterocycles. The zero-order valence-electron chi connectivity index (χ0n) is 23.3. The molecule has 0 saturated carbocycles. The van der Waals surface area contributed by atoms with Crippen LogP contribution in [0.25, 0.3) is 72.8 Å². The van der Waals surface area contributed by atoms with Crippen molar-refractivity contribution >= 4 is 21.8 Å². The van der Waals surface area contributed by atoms with Gasteiger partial charge in [0.05, 0.1) is 11.0 Å². The minimum atomic E-state index is 0.645. The highest BCUT2D eigenvalue weighted by Gasteiger charge is 2.17. The third-order valence-corrected chi connectivity index (χ3v) is 7.86. The first-order chi connectivity index (χ1) is 21.3. The summed E-state index contributed by atoms with van der Waals surface area (Å²) < 4.78 is 2.37. The molecule has 0 fully saturated rings. The normalized spacial score (nSPS) is 11.3. The monoisotopic (exact) mass is 550 g/mol. The van der Waals surface area contributed by atoms with E-state index in [0.29, 0.717) is 17.5 Å². The Bertz CT molecular complexity index is 2150. The van der Waals surface area contributed by atoms with Crippen LogP contribution in [0.2, 0.25) is 0 Å². The maximum atomic E-state index is 4.92. The van der Waals surface area contributed by atoms with Gasteiger partial charge in [0.25, 0.3) is 0 Å². The zero-order valence-corrected chi connectivity index (χ0v) is 23.3. The van der Waals surface area contributed by atoms with Gasteiger partial charge in [-0.25, -0.2) is 15.0 Å². The molecule has 0 aliphatic rings. The maximum absolute atomic E-state index is 4.92. The number of para-hydroxylation sites is 2. The second-order valence-corrected chi connectivity index (χ2v) is 10.5. The molecule has 6 aromatic carbocycles. The lowest BCUT2D eigenvalue weighted by molar-refractivity contribution is 1.07. The Morgan fingerprint density at radius 3 is 1.40 bits per heavy atom. The van der Waals surface area contributed by atoms with Crippen molar-refractivity contribution in [2.45, 2.75) is 0 Å². The van der Waals surface area contributed by atoms with Crippen molar-refractivity contribution < 1.29 is 0 Å². The number of hydrogen-bond donors (Lipinski definition) is 0. The largest absolute Gasteiger partial charge is 0.309 e. The third-order valence-electron chi connectivity index (χ3n) is 7.86. The molecule has 0 saturated heterocycles. The summed E-state index contributed by atoms with van der Waals surface area (Å²) >= 11 is 0. The van der Waals surface area contributed by atoms with Crippen LogP contribution in [0.3, 0.4) is 0 Å². The Hall–Kier alpha value is -5.87. The first kappa shape index (κ1) is 24.9. The molecular weight excluding hydrogens is 524 g/mol. The predicted octanol–water partition coefficient (Wildman–Crippen LogP) is 9.64. The van der Waals surface area contributed by atoms with Crippen LogP contribution in [-0.2, 0) is 0 Å². The maximum Gasteiger partial charge on any atom is 0.164 e. The zero-order chi connectivity index (χ0) is 28.6. The van der Waals surface area contributed by atoms with Crippen LogP contribution in [0.1, 0.15) is 0 Å². The first-order valence-corrected chi connectivity index (χ1v) is 14.4. The SMILES string of the molecule is c1ccc(-c2nc(-c3ccccc3)nc(-c3ccc(-n4c5ccccc5c5cccc(-c6ccccc6)c54)cc3)n2)cc1. The molecule has 0 unspecified atom stereocenters. The van der Waals surface area contributed by atoms with Gasteiger partial charge in [0.15, 0.2) is 17.5 Å². The van der Waals surface area contributed by atoms with Crippen molar-refractivity contribution in [2.75, 3.05) is 0 Å². The molecule has 2 aromatic heterocycles. The molecule has 0 radical (unpaired) electrons. The summed E-state index contributed by atoms with van der Waals surface area (Å²) in [4.78, 5) is 14.7. The summed E-state index contributed by atoms with van der Waals surface area (Å²) in [5, 5.41) is 2.47. The van der Waals surface area contributed by atoms with Gasteiger partial charge < -0.3 is 4.57 Å². The van der Waals surface area contributed by atoms with Crippen LogP contribution < -0.4 is 0 Å². The summed E-state index contributed by atoms with van der Waals surface area (Å²) in [5.74, 6) is 1.96. The molecule has 0 amide bonds. The Labute approximate surface area is 249 Å². The van der Waals surface area contributed by atoms with Crippen LogP contribution >= 0.6 is 0 Å². The summed E-state index contributed by atoms with van der Waals surface area (Å²) in [6.45, 7) is 0. The Morgan fingerprint density at radius 2 is 0.814 bits per heavy atom. The number of benzene rings is 6. The standard InChI is InChI=1S/C39H26N4/c1-4-13-27(14-5-1)32-20-12-21-34-33-19-10-11-22-35(33)43(36(32)34)31-25-23-30(24-26-31)39-41-37(28-15-6-2-7-16-28)40-38(42-39)29-17-8-3-9-18-29/h1-26H. The number of hydrogen-bond acceptors (Lipinski definition) is 3. The third kappa shape index (κ3) is 4.46. The quantitative estimate of drug-likeness (QED) is 0.214. The van der Waals surface area contributed by atoms with Crippen molar-refractivity contribution in [1.82, 2.24) is 19.5 Å². The van der Waals surface area contributed by atoms with E-state index >= 15 is 0 Å². The molecular formula is C39H26N4. The molecule has 0 bridgehead atoms. The van der Waals surface area contributed by atoms with E-state index in [1.165, 1.54) is 32.9 Å². The first-order valence-electron chi connectivity index (χ1n) is 14.4. The van der Waals surface area contributed by atoms with E-state index in [1.807, 2.05) is 60.7 Å². The lowest BCUT2D eigenvalue weighted by atomic mass is 10.0. The molecule has 0 spiro atoms. The molecule has 0 aliphatic carbocycles. The number of aromatic nitrogens is 4. The Morgan fingerprint density at radius 1 is 0.349 bits per heavy atom. The molecule has 4 nitrogen and oxygen atoms in total. The number of rotatable bonds is 5. The highest BCUT2D eigenvalue weighted by molar-refractivity contribution is 6.13. The van der Waals surface area contributed by atoms with Gasteiger partial charge in [-0.1, -0.05) is 127 Å². The van der Waals surface area contributed by atoms with E-state index in [-0.39, 0.29) is 0 Å². The van der Waals surface area contributed by atoms with E-state index < -0.39 is 0 Å². The Kier molecular flexibility index (Phi) is 6.08. The summed E-state index contributed by atoms with van der Waals surface area (Å²) in [6.07, 6.45) is 0. The Balaban J connectivity index is 1.30. The minimum absolute atomic E-state index is 0.645. The second kappa shape index (κ2) is 10.5. The average Bonchev–Trinajstić information content (AvgIpc) is 3.44. The number of nitrogens with zero attached hydrogens (tertiary/aromatic N) is 4. The van der Waals surface area contributed by atoms with Crippen LogP contribution in [0.5, 0.6) is 0 Å². The number of fused-ring (bicyclic) bond motifs is 3. The van der Waals surface area contributed by atoms with Gasteiger partial charge in [-0.3, -0.25) is 0 Å². The van der Waals surface area contributed by atoms with Crippen molar-refractivity contribution in [3.05, 3.63) is 158 Å². The van der Waals surface area contributed by atoms with Gasteiger partial charge in [-0.05, 0) is 35.9 Å². The summed E-state index contributed by atoms with van der Waals surface area (Å²) in [5.41, 5.74) is 8.70. The van der Waals surface area contributed by atoms with Gasteiger partial charge in [0.2, 0.25) is 0 Å². The smallest absolute Gasteiger partial charge is 0.164 e. The molecule has 43 heavy (non-hydrogen) atoms. The van der Waals surface area contributed by atoms with Crippen molar-refractivity contribution in [2.24, 2.45) is 0 Å². The van der Waals surface area contributed by atoms with Crippen molar-refractivity contribution in [3.8, 4) is 51.0 Å². The van der Waals surface area contributed by atoms with Crippen LogP contribution in [0.4, 0.5) is 0 Å². The fourth-order valence-corrected chi connectivity index (χ4v) is 5.83. The fraction of sp³-hybridized carbons (Fsp3) is 0. The van der Waals surface area contributed by atoms with Crippen molar-refractivity contribution in [1.29, 1.82) is 0 Å². The van der Waals surface area contributed by atoms with Crippen molar-refractivity contribution in [3.63, 3.8) is 0 Å². The van der Waals surface area contributed by atoms with Gasteiger partial charge in [-0.15, -0.1) is 0 Å². The van der Waals surface area contributed by atoms with E-state index in [0.717, 1.165) is 22.4 Å². The van der Waals surface area contributed by atoms with E-state index in [1.54, 1.807) is 0 Å². The molecule has 8 aromatic rings. The molecule has 0 aliphatic heterocycles.